The summed E-state index contributed by atoms with van der Waals surface area (Å²) < 4.78 is 5.33. The molecular weight excluding hydrogens is 292 g/mol. The number of hydrogen-bond acceptors (Lipinski definition) is 5. The first-order chi connectivity index (χ1) is 10.9. The Bertz CT molecular complexity index is 533. The predicted molar refractivity (Wildman–Crippen MR) is 95.0 cm³/mol. The lowest BCUT2D eigenvalue weighted by atomic mass is 10.1. The molecule has 0 heterocycles. The van der Waals surface area contributed by atoms with Crippen LogP contribution in [0.1, 0.15) is 20.8 Å². The van der Waals surface area contributed by atoms with E-state index in [-0.39, 0.29) is 11.7 Å². The standard InChI is InChI=1S/C17H28N4O2/c1-5-23-11-17(19-4)20-13(3)9-16(18)21-14-8-12(2)6-7-15(22)10-14/h6-10,12,16,21-22H,5,11,18H2,1-4H3,(H,19,20)/b13-9+. The van der Waals surface area contributed by atoms with Gasteiger partial charge in [0.1, 0.15) is 18.2 Å². The third-order valence-corrected chi connectivity index (χ3v) is 3.13. The minimum atomic E-state index is -0.395. The molecule has 2 atom stereocenters. The van der Waals surface area contributed by atoms with E-state index in [1.54, 1.807) is 19.2 Å². The van der Waals surface area contributed by atoms with Crippen LogP contribution in [0.15, 0.2) is 52.5 Å². The molecule has 128 valence electrons. The maximum atomic E-state index is 9.70. The maximum absolute atomic E-state index is 9.70. The van der Waals surface area contributed by atoms with E-state index >= 15 is 0 Å². The van der Waals surface area contributed by atoms with Crippen LogP contribution < -0.4 is 16.4 Å². The normalized spacial score (nSPS) is 20.5. The lowest BCUT2D eigenvalue weighted by Crippen LogP contribution is -2.36. The van der Waals surface area contributed by atoms with Crippen LogP contribution in [0, 0.1) is 5.92 Å². The number of aliphatic hydroxyl groups is 1. The van der Waals surface area contributed by atoms with Gasteiger partial charge in [-0.2, -0.15) is 0 Å². The van der Waals surface area contributed by atoms with E-state index in [9.17, 15) is 5.11 Å². The molecule has 0 amide bonds. The molecule has 1 aliphatic rings. The highest BCUT2D eigenvalue weighted by molar-refractivity contribution is 5.84. The molecule has 0 aliphatic heterocycles. The zero-order chi connectivity index (χ0) is 17.2. The fraction of sp³-hybridized carbons (Fsp3) is 0.471. The van der Waals surface area contributed by atoms with Gasteiger partial charge in [-0.1, -0.05) is 19.1 Å². The summed E-state index contributed by atoms with van der Waals surface area (Å²) in [5.41, 5.74) is 7.76. The minimum Gasteiger partial charge on any atom is -0.508 e. The van der Waals surface area contributed by atoms with Crippen molar-refractivity contribution in [3.05, 3.63) is 47.5 Å². The molecule has 1 aliphatic carbocycles. The van der Waals surface area contributed by atoms with E-state index < -0.39 is 6.17 Å². The number of rotatable bonds is 7. The van der Waals surface area contributed by atoms with Gasteiger partial charge in [-0.15, -0.1) is 0 Å². The first kappa shape index (κ1) is 19.0. The lowest BCUT2D eigenvalue weighted by molar-refractivity contribution is 0.185. The van der Waals surface area contributed by atoms with Crippen LogP contribution in [0.4, 0.5) is 0 Å². The Morgan fingerprint density at radius 1 is 1.57 bits per heavy atom. The topological polar surface area (TPSA) is 91.9 Å². The molecule has 0 spiro atoms. The van der Waals surface area contributed by atoms with Gasteiger partial charge in [-0.05, 0) is 31.9 Å². The van der Waals surface area contributed by atoms with Gasteiger partial charge in [0.15, 0.2) is 0 Å². The predicted octanol–water partition coefficient (Wildman–Crippen LogP) is 1.95. The average Bonchev–Trinajstić information content (AvgIpc) is 2.63. The fourth-order valence-electron chi connectivity index (χ4n) is 2.06. The van der Waals surface area contributed by atoms with Crippen molar-refractivity contribution < 1.29 is 9.84 Å². The van der Waals surface area contributed by atoms with Gasteiger partial charge >= 0.3 is 0 Å². The third-order valence-electron chi connectivity index (χ3n) is 3.13. The zero-order valence-electron chi connectivity index (χ0n) is 14.3. The highest BCUT2D eigenvalue weighted by Gasteiger charge is 2.07. The van der Waals surface area contributed by atoms with Gasteiger partial charge < -0.3 is 26.2 Å². The molecular formula is C17H28N4O2. The molecule has 0 fully saturated rings. The summed E-state index contributed by atoms with van der Waals surface area (Å²) in [5.74, 6) is 1.17. The molecule has 1 rings (SSSR count). The van der Waals surface area contributed by atoms with Crippen LogP contribution in [-0.2, 0) is 4.74 Å². The van der Waals surface area contributed by atoms with Crippen LogP contribution in [-0.4, -0.2) is 37.4 Å². The first-order valence-electron chi connectivity index (χ1n) is 7.76. The molecule has 0 bridgehead atoms. The summed E-state index contributed by atoms with van der Waals surface area (Å²) in [7, 11) is 1.71. The molecule has 0 aromatic rings. The number of nitrogens with one attached hydrogen (secondary N) is 2. The van der Waals surface area contributed by atoms with Gasteiger partial charge in [0.05, 0.1) is 6.17 Å². The van der Waals surface area contributed by atoms with Crippen molar-refractivity contribution in [1.82, 2.24) is 10.6 Å². The highest BCUT2D eigenvalue weighted by atomic mass is 16.5. The number of nitrogens with zero attached hydrogens (tertiary/aromatic N) is 1. The Labute approximate surface area is 138 Å². The van der Waals surface area contributed by atoms with Crippen LogP contribution in [0.2, 0.25) is 0 Å². The van der Waals surface area contributed by atoms with Crippen molar-refractivity contribution in [3.63, 3.8) is 0 Å². The van der Waals surface area contributed by atoms with E-state index in [1.165, 1.54) is 0 Å². The zero-order valence-corrected chi connectivity index (χ0v) is 14.3. The van der Waals surface area contributed by atoms with Gasteiger partial charge in [0.2, 0.25) is 0 Å². The fourth-order valence-corrected chi connectivity index (χ4v) is 2.06. The van der Waals surface area contributed by atoms with Crippen LogP contribution in [0.25, 0.3) is 0 Å². The highest BCUT2D eigenvalue weighted by Crippen LogP contribution is 2.12. The maximum Gasteiger partial charge on any atom is 0.126 e. The summed E-state index contributed by atoms with van der Waals surface area (Å²) in [4.78, 5) is 4.14. The molecule has 23 heavy (non-hydrogen) atoms. The molecule has 0 aromatic carbocycles. The van der Waals surface area contributed by atoms with Gasteiger partial charge in [0.25, 0.3) is 0 Å². The Hall–Kier alpha value is -2.05. The number of ether oxygens (including phenoxy) is 1. The average molecular weight is 320 g/mol. The third kappa shape index (κ3) is 7.67. The summed E-state index contributed by atoms with van der Waals surface area (Å²) >= 11 is 0. The summed E-state index contributed by atoms with van der Waals surface area (Å²) in [6.07, 6.45) is 8.72. The van der Waals surface area contributed by atoms with Gasteiger partial charge in [-0.3, -0.25) is 4.99 Å². The van der Waals surface area contributed by atoms with Crippen molar-refractivity contribution >= 4 is 5.84 Å². The van der Waals surface area contributed by atoms with Crippen LogP contribution >= 0.6 is 0 Å². The first-order valence-corrected chi connectivity index (χ1v) is 7.76. The van der Waals surface area contributed by atoms with Crippen LogP contribution in [0.3, 0.4) is 0 Å². The molecule has 5 N–H and O–H groups in total. The van der Waals surface area contributed by atoms with E-state index in [0.29, 0.717) is 13.2 Å². The number of allylic oxidation sites excluding steroid dienone is 5. The Morgan fingerprint density at radius 2 is 2.30 bits per heavy atom. The van der Waals surface area contributed by atoms with Crippen molar-refractivity contribution in [2.24, 2.45) is 16.6 Å². The minimum absolute atomic E-state index is 0.205. The Balaban J connectivity index is 2.63. The summed E-state index contributed by atoms with van der Waals surface area (Å²) in [6.45, 7) is 6.97. The molecule has 0 aromatic heterocycles. The molecule has 6 heteroatoms. The number of aliphatic imine (C=N–C) groups is 1. The van der Waals surface area contributed by atoms with Gasteiger partial charge in [-0.25, -0.2) is 0 Å². The largest absolute Gasteiger partial charge is 0.508 e. The number of nitrogens with two attached hydrogens (primary N) is 1. The van der Waals surface area contributed by atoms with Crippen molar-refractivity contribution in [2.75, 3.05) is 20.3 Å². The Kier molecular flexibility index (Phi) is 8.15. The van der Waals surface area contributed by atoms with Crippen LogP contribution in [0.5, 0.6) is 0 Å². The SMILES string of the molecule is CCOC/C(=N/C)N/C(C)=C/C(N)NC1=CC(C)C=CC(O)=C1. The molecule has 0 saturated heterocycles. The molecule has 6 nitrogen and oxygen atoms in total. The van der Waals surface area contributed by atoms with E-state index in [2.05, 4.69) is 15.6 Å². The lowest BCUT2D eigenvalue weighted by Gasteiger charge is -2.16. The van der Waals surface area contributed by atoms with Gasteiger partial charge in [0, 0.05) is 31.1 Å². The number of aliphatic hydroxyl groups excluding tert-OH is 1. The molecule has 0 saturated carbocycles. The molecule has 2 unspecified atom stereocenters. The van der Waals surface area contributed by atoms with E-state index in [1.807, 2.05) is 39.0 Å². The second kappa shape index (κ2) is 9.86. The quantitative estimate of drug-likeness (QED) is 0.327. The second-order valence-electron chi connectivity index (χ2n) is 5.36. The van der Waals surface area contributed by atoms with Crippen molar-refractivity contribution in [3.8, 4) is 0 Å². The molecule has 0 radical (unpaired) electrons. The monoisotopic (exact) mass is 320 g/mol. The summed E-state index contributed by atoms with van der Waals surface area (Å²) in [5, 5.41) is 16.0. The van der Waals surface area contributed by atoms with E-state index in [0.717, 1.165) is 17.2 Å². The second-order valence-corrected chi connectivity index (χ2v) is 5.36. The van der Waals surface area contributed by atoms with Crippen molar-refractivity contribution in [2.45, 2.75) is 26.9 Å². The Morgan fingerprint density at radius 3 is 2.96 bits per heavy atom. The number of amidine groups is 1. The van der Waals surface area contributed by atoms with E-state index in [4.69, 9.17) is 10.5 Å². The smallest absolute Gasteiger partial charge is 0.126 e. The summed E-state index contributed by atoms with van der Waals surface area (Å²) in [6, 6.07) is 0. The van der Waals surface area contributed by atoms with Crippen molar-refractivity contribution in [1.29, 1.82) is 0 Å². The number of hydrogen-bond donors (Lipinski definition) is 4.